The molecule has 3 nitrogen and oxygen atoms in total. The Morgan fingerprint density at radius 2 is 2.27 bits per heavy atom. The monoisotopic (exact) mass is 249 g/mol. The smallest absolute Gasteiger partial charge is 0.141 e. The van der Waals surface area contributed by atoms with Crippen molar-refractivity contribution in [1.82, 2.24) is 5.32 Å². The van der Waals surface area contributed by atoms with Crippen LogP contribution in [0.4, 0.5) is 0 Å². The molecule has 0 unspecified atom stereocenters. The molecule has 0 aromatic heterocycles. The topological polar surface area (TPSA) is 30.5 Å². The van der Waals surface area contributed by atoms with E-state index in [2.05, 4.69) is 5.32 Å². The van der Waals surface area contributed by atoms with E-state index in [1.54, 1.807) is 7.11 Å². The Morgan fingerprint density at radius 1 is 1.47 bits per heavy atom. The van der Waals surface area contributed by atoms with Gasteiger partial charge in [0.05, 0.1) is 12.1 Å². The number of ether oxygens (including phenoxy) is 2. The molecule has 0 bridgehead atoms. The molecule has 0 radical (unpaired) electrons. The van der Waals surface area contributed by atoms with Crippen molar-refractivity contribution in [2.75, 3.05) is 20.3 Å². The lowest BCUT2D eigenvalue weighted by Crippen LogP contribution is -2.16. The second-order valence-corrected chi connectivity index (χ2v) is 3.53. The summed E-state index contributed by atoms with van der Waals surface area (Å²) in [5.74, 6) is 1.52. The van der Waals surface area contributed by atoms with Crippen molar-refractivity contribution in [3.63, 3.8) is 0 Å². The lowest BCUT2D eigenvalue weighted by molar-refractivity contribution is 0.323. The molecule has 0 fully saturated rings. The SMILES string of the molecule is COc1cc2c(cc1Cl)CNCCO2.Cl. The molecular weight excluding hydrogens is 237 g/mol. The average molecular weight is 250 g/mol. The van der Waals surface area contributed by atoms with Crippen LogP contribution in [0.5, 0.6) is 11.5 Å². The van der Waals surface area contributed by atoms with Crippen LogP contribution in [0.2, 0.25) is 5.02 Å². The van der Waals surface area contributed by atoms with Gasteiger partial charge in [0.1, 0.15) is 18.1 Å². The first-order valence-electron chi connectivity index (χ1n) is 4.51. The van der Waals surface area contributed by atoms with E-state index in [4.69, 9.17) is 21.1 Å². The molecule has 0 aliphatic carbocycles. The van der Waals surface area contributed by atoms with Crippen LogP contribution in [-0.2, 0) is 6.54 Å². The molecule has 1 heterocycles. The number of rotatable bonds is 1. The maximum absolute atomic E-state index is 6.01. The van der Waals surface area contributed by atoms with Gasteiger partial charge in [-0.1, -0.05) is 11.6 Å². The largest absolute Gasteiger partial charge is 0.495 e. The van der Waals surface area contributed by atoms with Crippen molar-refractivity contribution in [2.45, 2.75) is 6.54 Å². The van der Waals surface area contributed by atoms with Crippen LogP contribution < -0.4 is 14.8 Å². The highest BCUT2D eigenvalue weighted by atomic mass is 35.5. The van der Waals surface area contributed by atoms with E-state index in [-0.39, 0.29) is 12.4 Å². The molecule has 1 aromatic carbocycles. The van der Waals surface area contributed by atoms with Crippen LogP contribution in [0.15, 0.2) is 12.1 Å². The average Bonchev–Trinajstić information content (AvgIpc) is 2.41. The maximum Gasteiger partial charge on any atom is 0.141 e. The number of benzene rings is 1. The predicted molar refractivity (Wildman–Crippen MR) is 62.5 cm³/mol. The van der Waals surface area contributed by atoms with Crippen LogP contribution >= 0.6 is 24.0 Å². The van der Waals surface area contributed by atoms with Gasteiger partial charge in [0.15, 0.2) is 0 Å². The third-order valence-corrected chi connectivity index (χ3v) is 2.48. The fourth-order valence-corrected chi connectivity index (χ4v) is 1.72. The number of halogens is 2. The molecule has 1 aliphatic rings. The van der Waals surface area contributed by atoms with E-state index in [0.29, 0.717) is 17.4 Å². The van der Waals surface area contributed by atoms with Gasteiger partial charge in [-0.25, -0.2) is 0 Å². The minimum Gasteiger partial charge on any atom is -0.495 e. The summed E-state index contributed by atoms with van der Waals surface area (Å²) in [5.41, 5.74) is 1.08. The molecular formula is C10H13Cl2NO2. The molecule has 0 saturated heterocycles. The lowest BCUT2D eigenvalue weighted by atomic mass is 10.2. The van der Waals surface area contributed by atoms with Gasteiger partial charge in [0.2, 0.25) is 0 Å². The van der Waals surface area contributed by atoms with Gasteiger partial charge in [-0.2, -0.15) is 0 Å². The molecule has 0 saturated carbocycles. The second kappa shape index (κ2) is 5.45. The number of nitrogens with one attached hydrogen (secondary N) is 1. The Balaban J connectivity index is 0.00000112. The zero-order valence-corrected chi connectivity index (χ0v) is 9.95. The molecule has 0 amide bonds. The Kier molecular flexibility index (Phi) is 4.51. The first-order valence-corrected chi connectivity index (χ1v) is 4.89. The van der Waals surface area contributed by atoms with Gasteiger partial charge >= 0.3 is 0 Å². The van der Waals surface area contributed by atoms with E-state index in [1.165, 1.54) is 0 Å². The molecule has 5 heteroatoms. The highest BCUT2D eigenvalue weighted by Crippen LogP contribution is 2.33. The summed E-state index contributed by atoms with van der Waals surface area (Å²) in [6.45, 7) is 2.32. The number of hydrogen-bond donors (Lipinski definition) is 1. The van der Waals surface area contributed by atoms with Gasteiger partial charge in [0.25, 0.3) is 0 Å². The van der Waals surface area contributed by atoms with Gasteiger partial charge < -0.3 is 14.8 Å². The number of fused-ring (bicyclic) bond motifs is 1. The van der Waals surface area contributed by atoms with E-state index < -0.39 is 0 Å². The van der Waals surface area contributed by atoms with E-state index in [1.807, 2.05) is 12.1 Å². The van der Waals surface area contributed by atoms with Gasteiger partial charge in [-0.05, 0) is 6.07 Å². The first-order chi connectivity index (χ1) is 6.81. The maximum atomic E-state index is 6.01. The van der Waals surface area contributed by atoms with Crippen LogP contribution in [-0.4, -0.2) is 20.3 Å². The van der Waals surface area contributed by atoms with Crippen LogP contribution in [0.25, 0.3) is 0 Å². The molecule has 84 valence electrons. The Bertz CT molecular complexity index is 344. The number of methoxy groups -OCH3 is 1. The lowest BCUT2D eigenvalue weighted by Gasteiger charge is -2.10. The standard InChI is InChI=1S/C10H12ClNO2.ClH/c1-13-10-5-9-7(4-8(10)11)6-12-2-3-14-9;/h4-5,12H,2-3,6H2,1H3;1H. The summed E-state index contributed by atoms with van der Waals surface area (Å²) in [4.78, 5) is 0. The van der Waals surface area contributed by atoms with E-state index in [9.17, 15) is 0 Å². The summed E-state index contributed by atoms with van der Waals surface area (Å²) < 4.78 is 10.7. The Hall–Kier alpha value is -0.640. The summed E-state index contributed by atoms with van der Waals surface area (Å²) in [5, 5.41) is 3.87. The molecule has 0 spiro atoms. The van der Waals surface area contributed by atoms with Crippen molar-refractivity contribution in [2.24, 2.45) is 0 Å². The minimum absolute atomic E-state index is 0. The fourth-order valence-electron chi connectivity index (χ4n) is 1.46. The first kappa shape index (κ1) is 12.4. The van der Waals surface area contributed by atoms with Gasteiger partial charge in [-0.3, -0.25) is 0 Å². The van der Waals surface area contributed by atoms with Gasteiger partial charge in [0, 0.05) is 24.7 Å². The second-order valence-electron chi connectivity index (χ2n) is 3.12. The van der Waals surface area contributed by atoms with Crippen molar-refractivity contribution >= 4 is 24.0 Å². The van der Waals surface area contributed by atoms with E-state index in [0.717, 1.165) is 24.4 Å². The van der Waals surface area contributed by atoms with Crippen LogP contribution in [0, 0.1) is 0 Å². The quantitative estimate of drug-likeness (QED) is 0.829. The predicted octanol–water partition coefficient (Wildman–Crippen LogP) is 2.25. The molecule has 0 atom stereocenters. The van der Waals surface area contributed by atoms with Crippen molar-refractivity contribution in [1.29, 1.82) is 0 Å². The minimum atomic E-state index is 0. The molecule has 1 aliphatic heterocycles. The van der Waals surface area contributed by atoms with E-state index >= 15 is 0 Å². The molecule has 15 heavy (non-hydrogen) atoms. The summed E-state index contributed by atoms with van der Waals surface area (Å²) in [6.07, 6.45) is 0. The molecule has 1 aromatic rings. The Morgan fingerprint density at radius 3 is 3.00 bits per heavy atom. The van der Waals surface area contributed by atoms with Crippen molar-refractivity contribution in [3.8, 4) is 11.5 Å². The third kappa shape index (κ3) is 2.68. The molecule has 2 rings (SSSR count). The normalized spacial score (nSPS) is 14.3. The fraction of sp³-hybridized carbons (Fsp3) is 0.400. The van der Waals surface area contributed by atoms with Crippen molar-refractivity contribution < 1.29 is 9.47 Å². The zero-order valence-electron chi connectivity index (χ0n) is 8.38. The van der Waals surface area contributed by atoms with Gasteiger partial charge in [-0.15, -0.1) is 12.4 Å². The van der Waals surface area contributed by atoms with Crippen molar-refractivity contribution in [3.05, 3.63) is 22.7 Å². The molecule has 1 N–H and O–H groups in total. The number of hydrogen-bond acceptors (Lipinski definition) is 3. The summed E-state index contributed by atoms with van der Waals surface area (Å²) in [7, 11) is 1.60. The van der Waals surface area contributed by atoms with Crippen LogP contribution in [0.3, 0.4) is 0 Å². The van der Waals surface area contributed by atoms with Crippen LogP contribution in [0.1, 0.15) is 5.56 Å². The third-order valence-electron chi connectivity index (χ3n) is 2.19. The zero-order chi connectivity index (χ0) is 9.97. The Labute approximate surface area is 100 Å². The summed E-state index contributed by atoms with van der Waals surface area (Å²) >= 11 is 6.01. The summed E-state index contributed by atoms with van der Waals surface area (Å²) in [6, 6.07) is 3.72. The highest BCUT2D eigenvalue weighted by Gasteiger charge is 2.12. The highest BCUT2D eigenvalue weighted by molar-refractivity contribution is 6.32.